The molecule has 1 unspecified atom stereocenters. The normalized spacial score (nSPS) is 16.8. The van der Waals surface area contributed by atoms with Crippen LogP contribution in [0.15, 0.2) is 24.3 Å². The maximum atomic E-state index is 12.8. The molecule has 29 heavy (non-hydrogen) atoms. The Morgan fingerprint density at radius 3 is 2.28 bits per heavy atom. The number of piperidine rings is 1. The van der Waals surface area contributed by atoms with Gasteiger partial charge in [0.25, 0.3) is 0 Å². The molecule has 2 rings (SSSR count). The number of amides is 2. The molecule has 2 N–H and O–H groups in total. The molecule has 0 aliphatic carbocycles. The van der Waals surface area contributed by atoms with Gasteiger partial charge in [-0.1, -0.05) is 58.9 Å². The standard InChI is InChI=1S/C24H39N3O2/c1-17(2)14-22(28)26-23(18(3)4)24(29)25-15-20-8-6-7-9-21(20)16-27-12-10-19(5)11-13-27/h6-9,17-19,23H,10-16H2,1-5H3,(H,25,29)(H,26,28). The first-order valence-corrected chi connectivity index (χ1v) is 11.1. The van der Waals surface area contributed by atoms with Crippen molar-refractivity contribution in [3.63, 3.8) is 0 Å². The van der Waals surface area contributed by atoms with Crippen LogP contribution in [0.1, 0.15) is 65.0 Å². The number of carbonyl (C=O) groups excluding carboxylic acids is 2. The molecule has 162 valence electrons. The molecule has 0 saturated carbocycles. The summed E-state index contributed by atoms with van der Waals surface area (Å²) >= 11 is 0. The molecule has 5 nitrogen and oxygen atoms in total. The fourth-order valence-corrected chi connectivity index (χ4v) is 3.78. The topological polar surface area (TPSA) is 61.4 Å². The molecular weight excluding hydrogens is 362 g/mol. The maximum absolute atomic E-state index is 12.8. The highest BCUT2D eigenvalue weighted by molar-refractivity contribution is 5.87. The predicted molar refractivity (Wildman–Crippen MR) is 118 cm³/mol. The molecule has 0 spiro atoms. The number of nitrogens with one attached hydrogen (secondary N) is 2. The van der Waals surface area contributed by atoms with Crippen molar-refractivity contribution in [1.82, 2.24) is 15.5 Å². The van der Waals surface area contributed by atoms with Crippen molar-refractivity contribution in [2.75, 3.05) is 13.1 Å². The van der Waals surface area contributed by atoms with Gasteiger partial charge in [0, 0.05) is 19.5 Å². The molecule has 1 atom stereocenters. The van der Waals surface area contributed by atoms with Crippen LogP contribution in [0.5, 0.6) is 0 Å². The third-order valence-corrected chi connectivity index (χ3v) is 5.70. The Hall–Kier alpha value is -1.88. The molecule has 1 aliphatic rings. The second kappa shape index (κ2) is 11.3. The molecule has 5 heteroatoms. The van der Waals surface area contributed by atoms with Crippen molar-refractivity contribution in [2.45, 2.75) is 73.0 Å². The summed E-state index contributed by atoms with van der Waals surface area (Å²) in [6, 6.07) is 7.83. The van der Waals surface area contributed by atoms with E-state index in [1.54, 1.807) is 0 Å². The van der Waals surface area contributed by atoms with E-state index in [2.05, 4.69) is 40.7 Å². The van der Waals surface area contributed by atoms with E-state index in [9.17, 15) is 9.59 Å². The molecule has 0 bridgehead atoms. The van der Waals surface area contributed by atoms with Gasteiger partial charge in [0.05, 0.1) is 0 Å². The molecule has 1 saturated heterocycles. The highest BCUT2D eigenvalue weighted by Gasteiger charge is 2.24. The Morgan fingerprint density at radius 1 is 1.07 bits per heavy atom. The van der Waals surface area contributed by atoms with Gasteiger partial charge in [-0.15, -0.1) is 0 Å². The first kappa shape index (κ1) is 23.4. The van der Waals surface area contributed by atoms with Crippen molar-refractivity contribution < 1.29 is 9.59 Å². The van der Waals surface area contributed by atoms with Crippen molar-refractivity contribution in [2.24, 2.45) is 17.8 Å². The molecular formula is C24H39N3O2. The zero-order chi connectivity index (χ0) is 21.4. The minimum Gasteiger partial charge on any atom is -0.350 e. The van der Waals surface area contributed by atoms with Gasteiger partial charge in [-0.05, 0) is 54.8 Å². The summed E-state index contributed by atoms with van der Waals surface area (Å²) in [4.78, 5) is 27.4. The molecule has 0 aromatic heterocycles. The number of carbonyl (C=O) groups is 2. The lowest BCUT2D eigenvalue weighted by Crippen LogP contribution is -2.49. The van der Waals surface area contributed by atoms with Crippen LogP contribution in [-0.2, 0) is 22.7 Å². The summed E-state index contributed by atoms with van der Waals surface area (Å²) in [6.45, 7) is 14.0. The number of hydrogen-bond donors (Lipinski definition) is 2. The smallest absolute Gasteiger partial charge is 0.243 e. The van der Waals surface area contributed by atoms with Crippen LogP contribution in [0.2, 0.25) is 0 Å². The maximum Gasteiger partial charge on any atom is 0.243 e. The first-order chi connectivity index (χ1) is 13.8. The minimum absolute atomic E-state index is 0.0386. The fourth-order valence-electron chi connectivity index (χ4n) is 3.78. The third kappa shape index (κ3) is 7.81. The van der Waals surface area contributed by atoms with Gasteiger partial charge in [-0.25, -0.2) is 0 Å². The van der Waals surface area contributed by atoms with Gasteiger partial charge in [0.15, 0.2) is 0 Å². The largest absolute Gasteiger partial charge is 0.350 e. The van der Waals surface area contributed by atoms with Crippen LogP contribution in [0.4, 0.5) is 0 Å². The lowest BCUT2D eigenvalue weighted by Gasteiger charge is -2.30. The van der Waals surface area contributed by atoms with Crippen LogP contribution < -0.4 is 10.6 Å². The van der Waals surface area contributed by atoms with Crippen LogP contribution in [-0.4, -0.2) is 35.8 Å². The Labute approximate surface area is 176 Å². The monoisotopic (exact) mass is 401 g/mol. The average molecular weight is 402 g/mol. The summed E-state index contributed by atoms with van der Waals surface area (Å²) in [6.07, 6.45) is 2.95. The average Bonchev–Trinajstić information content (AvgIpc) is 2.66. The van der Waals surface area contributed by atoms with Gasteiger partial charge < -0.3 is 10.6 Å². The second-order valence-corrected chi connectivity index (χ2v) is 9.33. The molecule has 0 radical (unpaired) electrons. The third-order valence-electron chi connectivity index (χ3n) is 5.70. The van der Waals surface area contributed by atoms with Gasteiger partial charge in [-0.3, -0.25) is 14.5 Å². The zero-order valence-corrected chi connectivity index (χ0v) is 18.8. The Kier molecular flexibility index (Phi) is 9.15. The molecule has 1 aromatic carbocycles. The molecule has 1 fully saturated rings. The second-order valence-electron chi connectivity index (χ2n) is 9.33. The van der Waals surface area contributed by atoms with E-state index in [0.717, 1.165) is 31.1 Å². The molecule has 1 aliphatic heterocycles. The van der Waals surface area contributed by atoms with Crippen LogP contribution in [0.25, 0.3) is 0 Å². The van der Waals surface area contributed by atoms with E-state index < -0.39 is 6.04 Å². The summed E-state index contributed by atoms with van der Waals surface area (Å²) in [7, 11) is 0. The van der Waals surface area contributed by atoms with Crippen LogP contribution in [0, 0.1) is 17.8 Å². The van der Waals surface area contributed by atoms with E-state index in [1.165, 1.54) is 18.4 Å². The Morgan fingerprint density at radius 2 is 1.69 bits per heavy atom. The summed E-state index contributed by atoms with van der Waals surface area (Å²) in [5, 5.41) is 5.96. The summed E-state index contributed by atoms with van der Waals surface area (Å²) in [5.41, 5.74) is 2.42. The predicted octanol–water partition coefficient (Wildman–Crippen LogP) is 3.72. The van der Waals surface area contributed by atoms with Crippen molar-refractivity contribution in [3.05, 3.63) is 35.4 Å². The first-order valence-electron chi connectivity index (χ1n) is 11.1. The van der Waals surface area contributed by atoms with Gasteiger partial charge in [0.2, 0.25) is 11.8 Å². The van der Waals surface area contributed by atoms with Gasteiger partial charge in [0.1, 0.15) is 6.04 Å². The fraction of sp³-hybridized carbons (Fsp3) is 0.667. The highest BCUT2D eigenvalue weighted by Crippen LogP contribution is 2.19. The summed E-state index contributed by atoms with van der Waals surface area (Å²) < 4.78 is 0. The Bertz CT molecular complexity index is 664. The molecule has 1 aromatic rings. The van der Waals surface area contributed by atoms with Crippen LogP contribution >= 0.6 is 0 Å². The van der Waals surface area contributed by atoms with Crippen LogP contribution in [0.3, 0.4) is 0 Å². The number of rotatable bonds is 9. The highest BCUT2D eigenvalue weighted by atomic mass is 16.2. The number of likely N-dealkylation sites (tertiary alicyclic amines) is 1. The van der Waals surface area contributed by atoms with Gasteiger partial charge >= 0.3 is 0 Å². The number of benzene rings is 1. The van der Waals surface area contributed by atoms with E-state index in [4.69, 9.17) is 0 Å². The van der Waals surface area contributed by atoms with E-state index in [0.29, 0.717) is 13.0 Å². The zero-order valence-electron chi connectivity index (χ0n) is 18.8. The lowest BCUT2D eigenvalue weighted by atomic mass is 9.98. The molecule has 1 heterocycles. The molecule has 2 amide bonds. The Balaban J connectivity index is 1.95. The van der Waals surface area contributed by atoms with E-state index in [-0.39, 0.29) is 23.7 Å². The van der Waals surface area contributed by atoms with Crippen molar-refractivity contribution in [1.29, 1.82) is 0 Å². The SMILES string of the molecule is CC(C)CC(=O)NC(C(=O)NCc1ccccc1CN1CCC(C)CC1)C(C)C. The summed E-state index contributed by atoms with van der Waals surface area (Å²) in [5.74, 6) is 0.958. The lowest BCUT2D eigenvalue weighted by molar-refractivity contribution is -0.130. The van der Waals surface area contributed by atoms with Gasteiger partial charge in [-0.2, -0.15) is 0 Å². The van der Waals surface area contributed by atoms with E-state index in [1.807, 2.05) is 33.8 Å². The number of hydrogen-bond acceptors (Lipinski definition) is 3. The minimum atomic E-state index is -0.503. The van der Waals surface area contributed by atoms with E-state index >= 15 is 0 Å². The quantitative estimate of drug-likeness (QED) is 0.663. The number of nitrogens with zero attached hydrogens (tertiary/aromatic N) is 1. The van der Waals surface area contributed by atoms with Crippen molar-refractivity contribution >= 4 is 11.8 Å². The van der Waals surface area contributed by atoms with Crippen molar-refractivity contribution in [3.8, 4) is 0 Å².